The molecule has 126 valence electrons. The molecular weight excluding hydrogens is 288 g/mol. The number of nitrogens with two attached hydrogens (primary N) is 1. The van der Waals surface area contributed by atoms with Crippen LogP contribution in [0.3, 0.4) is 0 Å². The van der Waals surface area contributed by atoms with Crippen LogP contribution in [-0.4, -0.2) is 53.6 Å². The Morgan fingerprint density at radius 3 is 2.78 bits per heavy atom. The van der Waals surface area contributed by atoms with Crippen molar-refractivity contribution in [1.82, 2.24) is 14.9 Å². The lowest BCUT2D eigenvalue weighted by molar-refractivity contribution is 0.269. The number of aliphatic imine (C=N–C) groups is 1. The van der Waals surface area contributed by atoms with Gasteiger partial charge in [0, 0.05) is 45.1 Å². The number of anilines is 1. The van der Waals surface area contributed by atoms with Crippen molar-refractivity contribution < 1.29 is 0 Å². The molecule has 0 aliphatic carbocycles. The fourth-order valence-corrected chi connectivity index (χ4v) is 3.57. The fraction of sp³-hybridized carbons (Fsp3) is 0.706. The highest BCUT2D eigenvalue weighted by Gasteiger charge is 2.22. The summed E-state index contributed by atoms with van der Waals surface area (Å²) in [5.74, 6) is 2.81. The number of rotatable bonds is 3. The van der Waals surface area contributed by atoms with Crippen LogP contribution < -0.4 is 10.6 Å². The highest BCUT2D eigenvalue weighted by Crippen LogP contribution is 2.20. The van der Waals surface area contributed by atoms with E-state index in [1.165, 1.54) is 25.7 Å². The molecule has 3 rings (SSSR count). The van der Waals surface area contributed by atoms with Crippen molar-refractivity contribution in [3.8, 4) is 0 Å². The minimum absolute atomic E-state index is 0.535. The van der Waals surface area contributed by atoms with Crippen molar-refractivity contribution in [1.29, 1.82) is 0 Å². The number of nitrogens with zero attached hydrogens (tertiary/aromatic N) is 5. The van der Waals surface area contributed by atoms with Gasteiger partial charge in [0.15, 0.2) is 5.96 Å². The molecule has 2 fully saturated rings. The molecule has 2 atom stereocenters. The van der Waals surface area contributed by atoms with Gasteiger partial charge in [0.2, 0.25) is 5.95 Å². The summed E-state index contributed by atoms with van der Waals surface area (Å²) in [5, 5.41) is 0. The predicted molar refractivity (Wildman–Crippen MR) is 93.4 cm³/mol. The number of aromatic nitrogens is 2. The molecule has 2 N–H and O–H groups in total. The second-order valence-corrected chi connectivity index (χ2v) is 6.90. The van der Waals surface area contributed by atoms with E-state index in [0.29, 0.717) is 5.92 Å². The molecule has 23 heavy (non-hydrogen) atoms. The quantitative estimate of drug-likeness (QED) is 0.679. The zero-order chi connectivity index (χ0) is 16.1. The van der Waals surface area contributed by atoms with Gasteiger partial charge >= 0.3 is 0 Å². The Morgan fingerprint density at radius 2 is 2.00 bits per heavy atom. The Morgan fingerprint density at radius 1 is 1.22 bits per heavy atom. The van der Waals surface area contributed by atoms with Crippen molar-refractivity contribution in [2.24, 2.45) is 22.6 Å². The lowest BCUT2D eigenvalue weighted by Gasteiger charge is -2.33. The molecule has 3 heterocycles. The third kappa shape index (κ3) is 4.33. The van der Waals surface area contributed by atoms with Gasteiger partial charge in [0.05, 0.1) is 0 Å². The standard InChI is InChI=1S/C17H28N6/c1-14-5-2-9-22(12-14)16(18)21-11-15-6-3-10-23(13-15)17-19-7-4-8-20-17/h4,7-8,14-15H,2-3,5-6,9-13H2,1H3,(H2,18,21)/t14-,15-/m1/s1. The molecular formula is C17H28N6. The van der Waals surface area contributed by atoms with E-state index in [4.69, 9.17) is 5.73 Å². The lowest BCUT2D eigenvalue weighted by Crippen LogP contribution is -2.44. The van der Waals surface area contributed by atoms with Crippen LogP contribution in [0.5, 0.6) is 0 Å². The van der Waals surface area contributed by atoms with Gasteiger partial charge in [0.25, 0.3) is 0 Å². The first kappa shape index (κ1) is 16.0. The summed E-state index contributed by atoms with van der Waals surface area (Å²) in [6, 6.07) is 1.86. The van der Waals surface area contributed by atoms with E-state index in [1.807, 2.05) is 6.07 Å². The molecule has 0 spiro atoms. The summed E-state index contributed by atoms with van der Waals surface area (Å²) in [4.78, 5) is 17.9. The molecule has 0 bridgehead atoms. The molecule has 0 amide bonds. The molecule has 2 aliphatic rings. The minimum Gasteiger partial charge on any atom is -0.370 e. The molecule has 0 saturated carbocycles. The van der Waals surface area contributed by atoms with Crippen LogP contribution in [0.25, 0.3) is 0 Å². The minimum atomic E-state index is 0.535. The van der Waals surface area contributed by atoms with Crippen LogP contribution in [0.4, 0.5) is 5.95 Å². The average molecular weight is 316 g/mol. The van der Waals surface area contributed by atoms with E-state index in [9.17, 15) is 0 Å². The summed E-state index contributed by atoms with van der Waals surface area (Å²) >= 11 is 0. The highest BCUT2D eigenvalue weighted by molar-refractivity contribution is 5.78. The lowest BCUT2D eigenvalue weighted by atomic mass is 9.98. The second kappa shape index (κ2) is 7.62. The topological polar surface area (TPSA) is 70.6 Å². The summed E-state index contributed by atoms with van der Waals surface area (Å²) < 4.78 is 0. The van der Waals surface area contributed by atoms with Crippen LogP contribution in [0.15, 0.2) is 23.5 Å². The van der Waals surface area contributed by atoms with E-state index >= 15 is 0 Å². The molecule has 0 unspecified atom stereocenters. The predicted octanol–water partition coefficient (Wildman–Crippen LogP) is 1.74. The Balaban J connectivity index is 1.54. The van der Waals surface area contributed by atoms with Crippen LogP contribution in [0, 0.1) is 11.8 Å². The SMILES string of the molecule is C[C@@H]1CCCN(C(N)=NC[C@H]2CCCN(c3ncccn3)C2)C1. The van der Waals surface area contributed by atoms with E-state index in [1.54, 1.807) is 12.4 Å². The first-order valence-corrected chi connectivity index (χ1v) is 8.79. The zero-order valence-electron chi connectivity index (χ0n) is 14.1. The van der Waals surface area contributed by atoms with Gasteiger partial charge in [-0.3, -0.25) is 4.99 Å². The third-order valence-corrected chi connectivity index (χ3v) is 4.85. The molecule has 6 heteroatoms. The average Bonchev–Trinajstić information content (AvgIpc) is 2.61. The smallest absolute Gasteiger partial charge is 0.225 e. The van der Waals surface area contributed by atoms with E-state index in [2.05, 4.69) is 31.7 Å². The van der Waals surface area contributed by atoms with Gasteiger partial charge in [-0.1, -0.05) is 6.92 Å². The van der Waals surface area contributed by atoms with Crippen LogP contribution in [0.1, 0.15) is 32.6 Å². The van der Waals surface area contributed by atoms with Crippen molar-refractivity contribution in [2.45, 2.75) is 32.6 Å². The summed E-state index contributed by atoms with van der Waals surface area (Å²) in [7, 11) is 0. The fourth-order valence-electron chi connectivity index (χ4n) is 3.57. The Kier molecular flexibility index (Phi) is 5.31. The monoisotopic (exact) mass is 316 g/mol. The molecule has 2 aliphatic heterocycles. The third-order valence-electron chi connectivity index (χ3n) is 4.85. The van der Waals surface area contributed by atoms with Crippen LogP contribution >= 0.6 is 0 Å². The van der Waals surface area contributed by atoms with E-state index < -0.39 is 0 Å². The Labute approximate surface area is 138 Å². The van der Waals surface area contributed by atoms with Gasteiger partial charge in [0.1, 0.15) is 0 Å². The van der Waals surface area contributed by atoms with Crippen molar-refractivity contribution in [3.05, 3.63) is 18.5 Å². The molecule has 2 saturated heterocycles. The van der Waals surface area contributed by atoms with Gasteiger partial charge in [-0.2, -0.15) is 0 Å². The number of hydrogen-bond donors (Lipinski definition) is 1. The second-order valence-electron chi connectivity index (χ2n) is 6.90. The first-order valence-electron chi connectivity index (χ1n) is 8.79. The van der Waals surface area contributed by atoms with Gasteiger partial charge < -0.3 is 15.5 Å². The Bertz CT molecular complexity index is 517. The molecule has 1 aromatic rings. The summed E-state index contributed by atoms with van der Waals surface area (Å²) in [6.07, 6.45) is 8.51. The highest BCUT2D eigenvalue weighted by atomic mass is 15.3. The van der Waals surface area contributed by atoms with Crippen molar-refractivity contribution in [3.63, 3.8) is 0 Å². The first-order chi connectivity index (χ1) is 11.2. The van der Waals surface area contributed by atoms with Gasteiger partial charge in [-0.15, -0.1) is 0 Å². The number of guanidine groups is 1. The summed E-state index contributed by atoms with van der Waals surface area (Å²) in [5.41, 5.74) is 6.21. The zero-order valence-corrected chi connectivity index (χ0v) is 14.1. The van der Waals surface area contributed by atoms with Crippen molar-refractivity contribution >= 4 is 11.9 Å². The molecule has 1 aromatic heterocycles. The largest absolute Gasteiger partial charge is 0.370 e. The number of likely N-dealkylation sites (tertiary alicyclic amines) is 1. The maximum atomic E-state index is 6.21. The maximum Gasteiger partial charge on any atom is 0.225 e. The molecule has 0 aromatic carbocycles. The van der Waals surface area contributed by atoms with Crippen LogP contribution in [-0.2, 0) is 0 Å². The van der Waals surface area contributed by atoms with Gasteiger partial charge in [-0.05, 0) is 43.6 Å². The van der Waals surface area contributed by atoms with E-state index in [0.717, 1.165) is 50.5 Å². The number of hydrogen-bond acceptors (Lipinski definition) is 4. The number of piperidine rings is 2. The van der Waals surface area contributed by atoms with Crippen LogP contribution in [0.2, 0.25) is 0 Å². The van der Waals surface area contributed by atoms with Crippen molar-refractivity contribution in [2.75, 3.05) is 37.6 Å². The summed E-state index contributed by atoms with van der Waals surface area (Å²) in [6.45, 7) is 7.19. The molecule has 0 radical (unpaired) electrons. The Hall–Kier alpha value is -1.85. The normalized spacial score (nSPS) is 26.4. The van der Waals surface area contributed by atoms with Gasteiger partial charge in [-0.25, -0.2) is 9.97 Å². The van der Waals surface area contributed by atoms with E-state index in [-0.39, 0.29) is 0 Å². The molecule has 6 nitrogen and oxygen atoms in total. The maximum absolute atomic E-state index is 6.21.